The van der Waals surface area contributed by atoms with Crippen LogP contribution in [0.15, 0.2) is 18.3 Å². The Kier molecular flexibility index (Phi) is 4.81. The van der Waals surface area contributed by atoms with Crippen LogP contribution in [0, 0.1) is 5.92 Å². The first kappa shape index (κ1) is 13.1. The van der Waals surface area contributed by atoms with Crippen LogP contribution in [0.5, 0.6) is 11.6 Å². The molecule has 0 aromatic carbocycles. The molecule has 2 N–H and O–H groups in total. The molecule has 1 fully saturated rings. The number of nitrogens with two attached hydrogens (primary N) is 1. The van der Waals surface area contributed by atoms with E-state index in [2.05, 4.69) is 11.9 Å². The van der Waals surface area contributed by atoms with E-state index in [0.717, 1.165) is 25.0 Å². The maximum absolute atomic E-state index is 5.99. The Bertz CT molecular complexity index is 371. The largest absolute Gasteiger partial charge is 0.488 e. The van der Waals surface area contributed by atoms with E-state index in [-0.39, 0.29) is 6.10 Å². The summed E-state index contributed by atoms with van der Waals surface area (Å²) in [5.74, 6) is 1.80. The SMILES string of the molecule is CCCOc1cccnc1OC1CCCC1CN. The Hall–Kier alpha value is -1.29. The van der Waals surface area contributed by atoms with E-state index >= 15 is 0 Å². The Balaban J connectivity index is 2.03. The molecular formula is C14H22N2O2. The topological polar surface area (TPSA) is 57.4 Å². The molecule has 0 radical (unpaired) electrons. The van der Waals surface area contributed by atoms with Gasteiger partial charge in [0.25, 0.3) is 5.88 Å². The van der Waals surface area contributed by atoms with Gasteiger partial charge in [-0.2, -0.15) is 0 Å². The van der Waals surface area contributed by atoms with Crippen LogP contribution in [0.2, 0.25) is 0 Å². The number of hydrogen-bond acceptors (Lipinski definition) is 4. The van der Waals surface area contributed by atoms with Gasteiger partial charge in [-0.25, -0.2) is 4.98 Å². The Labute approximate surface area is 108 Å². The third kappa shape index (κ3) is 3.13. The Morgan fingerprint density at radius 3 is 3.11 bits per heavy atom. The van der Waals surface area contributed by atoms with Crippen LogP contribution in [0.25, 0.3) is 0 Å². The molecule has 1 aromatic heterocycles. The van der Waals surface area contributed by atoms with Crippen LogP contribution >= 0.6 is 0 Å². The maximum Gasteiger partial charge on any atom is 0.257 e. The minimum Gasteiger partial charge on any atom is -0.488 e. The summed E-state index contributed by atoms with van der Waals surface area (Å²) in [6.07, 6.45) is 6.30. The van der Waals surface area contributed by atoms with Crippen molar-refractivity contribution >= 4 is 0 Å². The van der Waals surface area contributed by atoms with Gasteiger partial charge in [0.15, 0.2) is 5.75 Å². The summed E-state index contributed by atoms with van der Waals surface area (Å²) in [6.45, 7) is 3.45. The van der Waals surface area contributed by atoms with E-state index in [4.69, 9.17) is 15.2 Å². The third-order valence-corrected chi connectivity index (χ3v) is 3.35. The van der Waals surface area contributed by atoms with Crippen molar-refractivity contribution in [2.45, 2.75) is 38.7 Å². The summed E-state index contributed by atoms with van der Waals surface area (Å²) >= 11 is 0. The average Bonchev–Trinajstić information content (AvgIpc) is 2.85. The predicted octanol–water partition coefficient (Wildman–Crippen LogP) is 2.38. The summed E-state index contributed by atoms with van der Waals surface area (Å²) in [5, 5.41) is 0. The highest BCUT2D eigenvalue weighted by Gasteiger charge is 2.28. The Morgan fingerprint density at radius 1 is 1.44 bits per heavy atom. The number of rotatable bonds is 6. The summed E-state index contributed by atoms with van der Waals surface area (Å²) < 4.78 is 11.6. The first-order valence-electron chi connectivity index (χ1n) is 6.79. The van der Waals surface area contributed by atoms with Gasteiger partial charge in [0.2, 0.25) is 0 Å². The lowest BCUT2D eigenvalue weighted by Crippen LogP contribution is -2.28. The molecule has 0 bridgehead atoms. The molecule has 100 valence electrons. The molecular weight excluding hydrogens is 228 g/mol. The standard InChI is InChI=1S/C14H22N2O2/c1-2-9-17-13-7-4-8-16-14(13)18-12-6-3-5-11(12)10-15/h4,7-8,11-12H,2-3,5-6,9-10,15H2,1H3. The highest BCUT2D eigenvalue weighted by atomic mass is 16.5. The van der Waals surface area contributed by atoms with Crippen LogP contribution in [-0.2, 0) is 0 Å². The van der Waals surface area contributed by atoms with Gasteiger partial charge in [0.1, 0.15) is 6.10 Å². The second kappa shape index (κ2) is 6.59. The van der Waals surface area contributed by atoms with Gasteiger partial charge < -0.3 is 15.2 Å². The van der Waals surface area contributed by atoms with Gasteiger partial charge in [0.05, 0.1) is 6.61 Å². The van der Waals surface area contributed by atoms with Crippen molar-refractivity contribution in [3.05, 3.63) is 18.3 Å². The molecule has 1 heterocycles. The van der Waals surface area contributed by atoms with Gasteiger partial charge >= 0.3 is 0 Å². The van der Waals surface area contributed by atoms with E-state index in [1.807, 2.05) is 12.1 Å². The number of hydrogen-bond donors (Lipinski definition) is 1. The van der Waals surface area contributed by atoms with Crippen molar-refractivity contribution in [3.63, 3.8) is 0 Å². The third-order valence-electron chi connectivity index (χ3n) is 3.35. The van der Waals surface area contributed by atoms with Gasteiger partial charge in [-0.15, -0.1) is 0 Å². The Morgan fingerprint density at radius 2 is 2.33 bits per heavy atom. The molecule has 4 heteroatoms. The van der Waals surface area contributed by atoms with Crippen LogP contribution in [0.3, 0.4) is 0 Å². The lowest BCUT2D eigenvalue weighted by Gasteiger charge is -2.20. The van der Waals surface area contributed by atoms with Gasteiger partial charge in [0, 0.05) is 12.1 Å². The van der Waals surface area contributed by atoms with Crippen molar-refractivity contribution in [1.29, 1.82) is 0 Å². The molecule has 0 amide bonds. The fraction of sp³-hybridized carbons (Fsp3) is 0.643. The fourth-order valence-electron chi connectivity index (χ4n) is 2.36. The molecule has 1 aromatic rings. The van der Waals surface area contributed by atoms with Crippen molar-refractivity contribution in [3.8, 4) is 11.6 Å². The van der Waals surface area contributed by atoms with Gasteiger partial charge in [-0.3, -0.25) is 0 Å². The second-order valence-electron chi connectivity index (χ2n) is 4.74. The molecule has 1 aliphatic rings. The number of aromatic nitrogens is 1. The maximum atomic E-state index is 5.99. The molecule has 1 saturated carbocycles. The lowest BCUT2D eigenvalue weighted by atomic mass is 10.1. The predicted molar refractivity (Wildman–Crippen MR) is 70.8 cm³/mol. The summed E-state index contributed by atoms with van der Waals surface area (Å²) in [5.41, 5.74) is 5.76. The minimum absolute atomic E-state index is 0.189. The zero-order chi connectivity index (χ0) is 12.8. The van der Waals surface area contributed by atoms with E-state index < -0.39 is 0 Å². The second-order valence-corrected chi connectivity index (χ2v) is 4.74. The quantitative estimate of drug-likeness (QED) is 0.842. The van der Waals surface area contributed by atoms with Gasteiger partial charge in [-0.1, -0.05) is 6.92 Å². The van der Waals surface area contributed by atoms with Crippen LogP contribution in [0.1, 0.15) is 32.6 Å². The summed E-state index contributed by atoms with van der Waals surface area (Å²) in [6, 6.07) is 3.78. The smallest absolute Gasteiger partial charge is 0.257 e. The number of ether oxygens (including phenoxy) is 2. The van der Waals surface area contributed by atoms with Crippen LogP contribution < -0.4 is 15.2 Å². The monoisotopic (exact) mass is 250 g/mol. The molecule has 18 heavy (non-hydrogen) atoms. The first-order valence-corrected chi connectivity index (χ1v) is 6.79. The van der Waals surface area contributed by atoms with Crippen molar-refractivity contribution in [2.24, 2.45) is 11.7 Å². The van der Waals surface area contributed by atoms with E-state index in [0.29, 0.717) is 24.9 Å². The van der Waals surface area contributed by atoms with Crippen LogP contribution in [-0.4, -0.2) is 24.2 Å². The van der Waals surface area contributed by atoms with Crippen LogP contribution in [0.4, 0.5) is 0 Å². The highest BCUT2D eigenvalue weighted by molar-refractivity contribution is 5.32. The minimum atomic E-state index is 0.189. The molecule has 2 atom stereocenters. The highest BCUT2D eigenvalue weighted by Crippen LogP contribution is 2.32. The molecule has 4 nitrogen and oxygen atoms in total. The van der Waals surface area contributed by atoms with E-state index in [9.17, 15) is 0 Å². The molecule has 2 unspecified atom stereocenters. The van der Waals surface area contributed by atoms with Crippen molar-refractivity contribution in [1.82, 2.24) is 4.98 Å². The first-order chi connectivity index (χ1) is 8.85. The van der Waals surface area contributed by atoms with E-state index in [1.165, 1.54) is 6.42 Å². The molecule has 1 aliphatic carbocycles. The van der Waals surface area contributed by atoms with Crippen molar-refractivity contribution in [2.75, 3.05) is 13.2 Å². The summed E-state index contributed by atoms with van der Waals surface area (Å²) in [7, 11) is 0. The summed E-state index contributed by atoms with van der Waals surface area (Å²) in [4.78, 5) is 4.28. The number of pyridine rings is 1. The molecule has 0 aliphatic heterocycles. The van der Waals surface area contributed by atoms with E-state index in [1.54, 1.807) is 6.20 Å². The zero-order valence-electron chi connectivity index (χ0n) is 11.0. The molecule has 2 rings (SSSR count). The fourth-order valence-corrected chi connectivity index (χ4v) is 2.36. The average molecular weight is 250 g/mol. The molecule has 0 saturated heterocycles. The lowest BCUT2D eigenvalue weighted by molar-refractivity contribution is 0.146. The zero-order valence-corrected chi connectivity index (χ0v) is 11.0. The van der Waals surface area contributed by atoms with Gasteiger partial charge in [-0.05, 0) is 44.4 Å². The molecule has 0 spiro atoms. The number of nitrogens with zero attached hydrogens (tertiary/aromatic N) is 1. The normalized spacial score (nSPS) is 23.0. The van der Waals surface area contributed by atoms with Crippen molar-refractivity contribution < 1.29 is 9.47 Å².